The summed E-state index contributed by atoms with van der Waals surface area (Å²) in [5.41, 5.74) is 1.15. The van der Waals surface area contributed by atoms with E-state index in [0.29, 0.717) is 4.32 Å². The molecule has 2 rings (SSSR count). The van der Waals surface area contributed by atoms with Gasteiger partial charge in [0.15, 0.2) is 0 Å². The highest BCUT2D eigenvalue weighted by atomic mass is 32.2. The summed E-state index contributed by atoms with van der Waals surface area (Å²) in [4.78, 5) is 11.4. The third-order valence-electron chi connectivity index (χ3n) is 2.21. The van der Waals surface area contributed by atoms with E-state index in [1.165, 1.54) is 11.8 Å². The zero-order valence-corrected chi connectivity index (χ0v) is 9.32. The van der Waals surface area contributed by atoms with Gasteiger partial charge < -0.3 is 9.88 Å². The highest BCUT2D eigenvalue weighted by molar-refractivity contribution is 8.24. The summed E-state index contributed by atoms with van der Waals surface area (Å²) in [6.45, 7) is 0. The predicted octanol–water partition coefficient (Wildman–Crippen LogP) is 1.08. The molecule has 3 nitrogen and oxygen atoms in total. The van der Waals surface area contributed by atoms with Crippen LogP contribution >= 0.6 is 24.0 Å². The van der Waals surface area contributed by atoms with Gasteiger partial charge in [0, 0.05) is 25.4 Å². The maximum Gasteiger partial charge on any atom is 0.239 e. The minimum atomic E-state index is -0.0592. The number of thiocarbonyl (C=S) groups is 1. The van der Waals surface area contributed by atoms with Gasteiger partial charge in [-0.1, -0.05) is 24.0 Å². The second kappa shape index (κ2) is 3.74. The third kappa shape index (κ3) is 1.83. The van der Waals surface area contributed by atoms with E-state index in [1.807, 2.05) is 29.9 Å². The zero-order valence-electron chi connectivity index (χ0n) is 7.69. The average molecular weight is 226 g/mol. The largest absolute Gasteiger partial charge is 0.354 e. The topological polar surface area (TPSA) is 34.0 Å². The number of rotatable bonds is 2. The Bertz CT molecular complexity index is 386. The fourth-order valence-electron chi connectivity index (χ4n) is 1.43. The van der Waals surface area contributed by atoms with E-state index in [2.05, 4.69) is 5.32 Å². The highest BCUT2D eigenvalue weighted by Gasteiger charge is 2.29. The smallest absolute Gasteiger partial charge is 0.239 e. The normalized spacial score (nSPS) is 21.4. The molecule has 1 aromatic rings. The Labute approximate surface area is 91.9 Å². The van der Waals surface area contributed by atoms with Crippen LogP contribution in [0.5, 0.6) is 0 Å². The average Bonchev–Trinajstić information content (AvgIpc) is 2.62. The maximum absolute atomic E-state index is 11.4. The number of hydrogen-bond acceptors (Lipinski definition) is 3. The predicted molar refractivity (Wildman–Crippen MR) is 61.2 cm³/mol. The van der Waals surface area contributed by atoms with Crippen molar-refractivity contribution in [3.05, 3.63) is 24.0 Å². The Morgan fingerprint density at radius 1 is 1.71 bits per heavy atom. The number of aryl methyl sites for hydroxylation is 1. The van der Waals surface area contributed by atoms with Crippen molar-refractivity contribution in [3.8, 4) is 0 Å². The van der Waals surface area contributed by atoms with E-state index in [1.54, 1.807) is 0 Å². The molecule has 0 aliphatic carbocycles. The van der Waals surface area contributed by atoms with Crippen LogP contribution in [0.15, 0.2) is 18.3 Å². The maximum atomic E-state index is 11.4. The van der Waals surface area contributed by atoms with Crippen LogP contribution in [0.2, 0.25) is 0 Å². The molecule has 2 heterocycles. The van der Waals surface area contributed by atoms with Gasteiger partial charge in [-0.15, -0.1) is 0 Å². The first-order valence-electron chi connectivity index (χ1n) is 4.28. The van der Waals surface area contributed by atoms with E-state index in [9.17, 15) is 4.79 Å². The molecular formula is C9H10N2OS2. The standard InChI is InChI=1S/C9H10N2OS2/c1-11-4-2-3-6(11)5-7-8(12)10-9(13)14-7/h2-4,7H,5H2,1H3,(H,10,12,13). The summed E-state index contributed by atoms with van der Waals surface area (Å²) in [5, 5.41) is 2.59. The Morgan fingerprint density at radius 3 is 3.00 bits per heavy atom. The SMILES string of the molecule is Cn1cccc1CC1SC(=S)NC1=O. The minimum Gasteiger partial charge on any atom is -0.354 e. The second-order valence-corrected chi connectivity index (χ2v) is 5.08. The zero-order chi connectivity index (χ0) is 10.1. The van der Waals surface area contributed by atoms with Crippen molar-refractivity contribution in [2.75, 3.05) is 0 Å². The molecule has 1 aromatic heterocycles. The summed E-state index contributed by atoms with van der Waals surface area (Å²) < 4.78 is 2.61. The molecule has 1 fully saturated rings. The quantitative estimate of drug-likeness (QED) is 0.766. The summed E-state index contributed by atoms with van der Waals surface area (Å²) in [7, 11) is 1.98. The number of thioether (sulfide) groups is 1. The van der Waals surface area contributed by atoms with Crippen molar-refractivity contribution in [1.29, 1.82) is 0 Å². The van der Waals surface area contributed by atoms with Crippen molar-refractivity contribution in [2.24, 2.45) is 7.05 Å². The molecule has 1 N–H and O–H groups in total. The molecule has 0 saturated carbocycles. The van der Waals surface area contributed by atoms with Gasteiger partial charge in [0.25, 0.3) is 0 Å². The minimum absolute atomic E-state index is 0.0289. The molecule has 1 saturated heterocycles. The van der Waals surface area contributed by atoms with Crippen LogP contribution in [0.4, 0.5) is 0 Å². The van der Waals surface area contributed by atoms with E-state index < -0.39 is 0 Å². The van der Waals surface area contributed by atoms with Gasteiger partial charge in [-0.25, -0.2) is 0 Å². The Kier molecular flexibility index (Phi) is 2.60. The fourth-order valence-corrected chi connectivity index (χ4v) is 2.71. The second-order valence-electron chi connectivity index (χ2n) is 3.20. The van der Waals surface area contributed by atoms with Gasteiger partial charge in [-0.3, -0.25) is 4.79 Å². The van der Waals surface area contributed by atoms with Crippen LogP contribution in [0.1, 0.15) is 5.69 Å². The molecular weight excluding hydrogens is 216 g/mol. The Balaban J connectivity index is 2.09. The van der Waals surface area contributed by atoms with Crippen molar-refractivity contribution in [1.82, 2.24) is 9.88 Å². The van der Waals surface area contributed by atoms with Crippen molar-refractivity contribution >= 4 is 34.2 Å². The summed E-state index contributed by atoms with van der Waals surface area (Å²) in [5.74, 6) is 0.0289. The molecule has 0 spiro atoms. The molecule has 1 aliphatic rings. The molecule has 1 atom stereocenters. The number of carbonyl (C=O) groups is 1. The van der Waals surface area contributed by atoms with Crippen molar-refractivity contribution < 1.29 is 4.79 Å². The van der Waals surface area contributed by atoms with E-state index in [4.69, 9.17) is 12.2 Å². The van der Waals surface area contributed by atoms with E-state index >= 15 is 0 Å². The molecule has 0 radical (unpaired) electrons. The lowest BCUT2D eigenvalue weighted by atomic mass is 10.2. The molecule has 1 unspecified atom stereocenters. The number of amides is 1. The van der Waals surface area contributed by atoms with Gasteiger partial charge in [0.1, 0.15) is 4.32 Å². The monoisotopic (exact) mass is 226 g/mol. The first kappa shape index (κ1) is 9.73. The Morgan fingerprint density at radius 2 is 2.50 bits per heavy atom. The number of carbonyl (C=O) groups excluding carboxylic acids is 1. The number of hydrogen-bond donors (Lipinski definition) is 1. The van der Waals surface area contributed by atoms with E-state index in [0.717, 1.165) is 12.1 Å². The fraction of sp³-hybridized carbons (Fsp3) is 0.333. The van der Waals surface area contributed by atoms with Gasteiger partial charge in [-0.2, -0.15) is 0 Å². The van der Waals surface area contributed by atoms with Gasteiger partial charge >= 0.3 is 0 Å². The third-order valence-corrected chi connectivity index (χ3v) is 3.58. The molecule has 1 aliphatic heterocycles. The van der Waals surface area contributed by atoms with Gasteiger partial charge in [-0.05, 0) is 12.1 Å². The molecule has 5 heteroatoms. The van der Waals surface area contributed by atoms with Gasteiger partial charge in [0.05, 0.1) is 5.25 Å². The Hall–Kier alpha value is -0.810. The highest BCUT2D eigenvalue weighted by Crippen LogP contribution is 2.22. The number of aromatic nitrogens is 1. The first-order valence-corrected chi connectivity index (χ1v) is 5.57. The lowest BCUT2D eigenvalue weighted by Gasteiger charge is -2.06. The van der Waals surface area contributed by atoms with Crippen molar-refractivity contribution in [2.45, 2.75) is 11.7 Å². The van der Waals surface area contributed by atoms with E-state index in [-0.39, 0.29) is 11.2 Å². The van der Waals surface area contributed by atoms with Crippen LogP contribution in [-0.2, 0) is 18.3 Å². The van der Waals surface area contributed by atoms with Crippen molar-refractivity contribution in [3.63, 3.8) is 0 Å². The molecule has 0 aromatic carbocycles. The van der Waals surface area contributed by atoms with Crippen LogP contribution in [-0.4, -0.2) is 20.0 Å². The number of nitrogens with one attached hydrogen (secondary N) is 1. The molecule has 74 valence electrons. The summed E-state index contributed by atoms with van der Waals surface area (Å²) >= 11 is 6.36. The molecule has 0 bridgehead atoms. The molecule has 1 amide bonds. The van der Waals surface area contributed by atoms with Crippen LogP contribution in [0.25, 0.3) is 0 Å². The summed E-state index contributed by atoms with van der Waals surface area (Å²) in [6.07, 6.45) is 2.71. The van der Waals surface area contributed by atoms with Gasteiger partial charge in [0.2, 0.25) is 5.91 Å². The number of nitrogens with zero attached hydrogens (tertiary/aromatic N) is 1. The van der Waals surface area contributed by atoms with Crippen LogP contribution < -0.4 is 5.32 Å². The van der Waals surface area contributed by atoms with Crippen LogP contribution in [0, 0.1) is 0 Å². The lowest BCUT2D eigenvalue weighted by Crippen LogP contribution is -2.25. The summed E-state index contributed by atoms with van der Waals surface area (Å²) in [6, 6.07) is 4.00. The lowest BCUT2D eigenvalue weighted by molar-refractivity contribution is -0.118. The van der Waals surface area contributed by atoms with Crippen LogP contribution in [0.3, 0.4) is 0 Å². The first-order chi connectivity index (χ1) is 6.66. The molecule has 14 heavy (non-hydrogen) atoms.